The molecule has 0 atom stereocenters. The summed E-state index contributed by atoms with van der Waals surface area (Å²) in [6.45, 7) is 3.08. The van der Waals surface area contributed by atoms with Gasteiger partial charge in [-0.3, -0.25) is 9.59 Å². The third-order valence-corrected chi connectivity index (χ3v) is 5.06. The van der Waals surface area contributed by atoms with Gasteiger partial charge in [0, 0.05) is 19.5 Å². The normalized spacial score (nSPS) is 13.8. The second-order valence-corrected chi connectivity index (χ2v) is 7.18. The lowest BCUT2D eigenvalue weighted by Gasteiger charge is -2.15. The van der Waals surface area contributed by atoms with E-state index in [9.17, 15) is 14.4 Å². The molecule has 1 aromatic heterocycles. The van der Waals surface area contributed by atoms with Crippen molar-refractivity contribution in [2.24, 2.45) is 0 Å². The van der Waals surface area contributed by atoms with Gasteiger partial charge in [0.1, 0.15) is 12.4 Å². The summed E-state index contributed by atoms with van der Waals surface area (Å²) in [6, 6.07) is 12.4. The highest BCUT2D eigenvalue weighted by Gasteiger charge is 2.20. The number of aromatic nitrogens is 2. The summed E-state index contributed by atoms with van der Waals surface area (Å²) in [4.78, 5) is 45.1. The zero-order valence-corrected chi connectivity index (χ0v) is 16.1. The van der Waals surface area contributed by atoms with Crippen molar-refractivity contribution < 1.29 is 14.3 Å². The van der Waals surface area contributed by atoms with Crippen LogP contribution in [-0.2, 0) is 22.7 Å². The highest BCUT2D eigenvalue weighted by atomic mass is 16.5. The fraction of sp³-hybridized carbons (Fsp3) is 0.273. The molecule has 0 aliphatic carbocycles. The average molecular weight is 391 g/mol. The Kier molecular flexibility index (Phi) is 5.12. The van der Waals surface area contributed by atoms with Crippen molar-refractivity contribution >= 4 is 22.8 Å². The van der Waals surface area contributed by atoms with Gasteiger partial charge >= 0.3 is 5.97 Å². The summed E-state index contributed by atoms with van der Waals surface area (Å²) < 4.78 is 5.31. The number of hydrogen-bond acceptors (Lipinski definition) is 5. The number of fused-ring (bicyclic) bond motifs is 1. The standard InChI is InChI=1S/C22H21N3O4/c1-14-4-2-5-17-20(14)23-18(24-21(17)27)13-29-22(28)16-9-7-15(8-10-16)12-25-11-3-6-19(25)26/h2,4-5,7-10H,3,6,11-13H2,1H3,(H,23,24,27). The van der Waals surface area contributed by atoms with Gasteiger partial charge in [0.2, 0.25) is 5.91 Å². The number of H-pyrrole nitrogens is 1. The molecule has 1 fully saturated rings. The molecule has 4 rings (SSSR count). The number of ether oxygens (including phenoxy) is 1. The average Bonchev–Trinajstić information content (AvgIpc) is 3.12. The van der Waals surface area contributed by atoms with E-state index in [0.717, 1.165) is 24.1 Å². The van der Waals surface area contributed by atoms with Gasteiger partial charge in [-0.05, 0) is 42.7 Å². The Morgan fingerprint density at radius 3 is 2.69 bits per heavy atom. The van der Waals surface area contributed by atoms with Crippen molar-refractivity contribution in [3.8, 4) is 0 Å². The molecule has 7 heteroatoms. The van der Waals surface area contributed by atoms with E-state index in [-0.39, 0.29) is 18.1 Å². The molecule has 2 heterocycles. The molecule has 1 saturated heterocycles. The summed E-state index contributed by atoms with van der Waals surface area (Å²) in [5, 5.41) is 0.507. The van der Waals surface area contributed by atoms with Crippen LogP contribution in [0, 0.1) is 6.92 Å². The van der Waals surface area contributed by atoms with Crippen molar-refractivity contribution in [3.05, 3.63) is 75.3 Å². The molecule has 1 aliphatic heterocycles. The van der Waals surface area contributed by atoms with Crippen molar-refractivity contribution in [2.45, 2.75) is 32.9 Å². The van der Waals surface area contributed by atoms with Crippen molar-refractivity contribution in [3.63, 3.8) is 0 Å². The molecule has 1 N–H and O–H groups in total. The van der Waals surface area contributed by atoms with Gasteiger partial charge in [-0.1, -0.05) is 24.3 Å². The van der Waals surface area contributed by atoms with Crippen molar-refractivity contribution in [1.29, 1.82) is 0 Å². The molecule has 0 bridgehead atoms. The maximum atomic E-state index is 12.3. The van der Waals surface area contributed by atoms with Gasteiger partial charge in [-0.25, -0.2) is 9.78 Å². The number of nitrogens with one attached hydrogen (secondary N) is 1. The molecule has 29 heavy (non-hydrogen) atoms. The smallest absolute Gasteiger partial charge is 0.338 e. The minimum Gasteiger partial charge on any atom is -0.454 e. The molecule has 1 amide bonds. The second-order valence-electron chi connectivity index (χ2n) is 7.18. The Morgan fingerprint density at radius 1 is 1.17 bits per heavy atom. The van der Waals surface area contributed by atoms with E-state index in [1.165, 1.54) is 0 Å². The van der Waals surface area contributed by atoms with E-state index in [0.29, 0.717) is 35.3 Å². The van der Waals surface area contributed by atoms with E-state index in [1.54, 1.807) is 24.3 Å². The van der Waals surface area contributed by atoms with Gasteiger partial charge in [0.25, 0.3) is 5.56 Å². The van der Waals surface area contributed by atoms with E-state index in [4.69, 9.17) is 4.74 Å². The lowest BCUT2D eigenvalue weighted by atomic mass is 10.1. The van der Waals surface area contributed by atoms with Crippen LogP contribution in [0.25, 0.3) is 10.9 Å². The number of carbonyl (C=O) groups is 2. The summed E-state index contributed by atoms with van der Waals surface area (Å²) in [5.74, 6) is -0.0313. The van der Waals surface area contributed by atoms with Crippen LogP contribution >= 0.6 is 0 Å². The molecule has 0 saturated carbocycles. The number of likely N-dealkylation sites (tertiary alicyclic amines) is 1. The van der Waals surface area contributed by atoms with Crippen LogP contribution < -0.4 is 5.56 Å². The number of rotatable bonds is 5. The van der Waals surface area contributed by atoms with Crippen LogP contribution in [-0.4, -0.2) is 33.3 Å². The number of para-hydroxylation sites is 1. The monoisotopic (exact) mass is 391 g/mol. The van der Waals surface area contributed by atoms with Gasteiger partial charge < -0.3 is 14.6 Å². The van der Waals surface area contributed by atoms with Crippen LogP contribution in [0.4, 0.5) is 0 Å². The first kappa shape index (κ1) is 18.9. The number of amides is 1. The topological polar surface area (TPSA) is 92.4 Å². The first-order valence-corrected chi connectivity index (χ1v) is 9.53. The number of aryl methyl sites for hydroxylation is 1. The zero-order chi connectivity index (χ0) is 20.4. The van der Waals surface area contributed by atoms with E-state index >= 15 is 0 Å². The molecule has 148 valence electrons. The van der Waals surface area contributed by atoms with Gasteiger partial charge in [0.05, 0.1) is 16.5 Å². The highest BCUT2D eigenvalue weighted by Crippen LogP contribution is 2.16. The molecular formula is C22H21N3O4. The zero-order valence-electron chi connectivity index (χ0n) is 16.1. The Balaban J connectivity index is 1.42. The largest absolute Gasteiger partial charge is 0.454 e. The highest BCUT2D eigenvalue weighted by molar-refractivity contribution is 5.89. The molecule has 0 spiro atoms. The molecule has 3 aromatic rings. The molecule has 2 aromatic carbocycles. The fourth-order valence-corrected chi connectivity index (χ4v) is 3.48. The Bertz CT molecular complexity index is 1130. The number of esters is 1. The Labute approximate surface area is 167 Å². The minimum absolute atomic E-state index is 0.123. The maximum absolute atomic E-state index is 12.3. The lowest BCUT2D eigenvalue weighted by Crippen LogP contribution is -2.23. The predicted molar refractivity (Wildman–Crippen MR) is 107 cm³/mol. The Hall–Kier alpha value is -3.48. The fourth-order valence-electron chi connectivity index (χ4n) is 3.48. The number of hydrogen-bond donors (Lipinski definition) is 1. The number of nitrogens with zero attached hydrogens (tertiary/aromatic N) is 2. The predicted octanol–water partition coefficient (Wildman–Crippen LogP) is 2.71. The summed E-state index contributed by atoms with van der Waals surface area (Å²) >= 11 is 0. The summed E-state index contributed by atoms with van der Waals surface area (Å²) in [5.41, 5.74) is 2.59. The van der Waals surface area contributed by atoms with Gasteiger partial charge in [0.15, 0.2) is 0 Å². The van der Waals surface area contributed by atoms with E-state index in [1.807, 2.05) is 30.0 Å². The molecule has 7 nitrogen and oxygen atoms in total. The third-order valence-electron chi connectivity index (χ3n) is 5.06. The second kappa shape index (κ2) is 7.87. The SMILES string of the molecule is Cc1cccc2c(=O)[nH]c(COC(=O)c3ccc(CN4CCCC4=O)cc3)nc12. The first-order chi connectivity index (χ1) is 14.0. The molecule has 1 aliphatic rings. The van der Waals surface area contributed by atoms with Crippen LogP contribution in [0.1, 0.15) is 40.2 Å². The van der Waals surface area contributed by atoms with Crippen LogP contribution in [0.5, 0.6) is 0 Å². The summed E-state index contributed by atoms with van der Waals surface area (Å²) in [6.07, 6.45) is 1.50. The van der Waals surface area contributed by atoms with Crippen molar-refractivity contribution in [2.75, 3.05) is 6.54 Å². The lowest BCUT2D eigenvalue weighted by molar-refractivity contribution is -0.128. The quantitative estimate of drug-likeness (QED) is 0.675. The van der Waals surface area contributed by atoms with Gasteiger partial charge in [-0.15, -0.1) is 0 Å². The van der Waals surface area contributed by atoms with Crippen LogP contribution in [0.15, 0.2) is 47.3 Å². The van der Waals surface area contributed by atoms with Crippen molar-refractivity contribution in [1.82, 2.24) is 14.9 Å². The molecular weight excluding hydrogens is 370 g/mol. The Morgan fingerprint density at radius 2 is 1.97 bits per heavy atom. The third kappa shape index (κ3) is 4.03. The van der Waals surface area contributed by atoms with Gasteiger partial charge in [-0.2, -0.15) is 0 Å². The number of aromatic amines is 1. The first-order valence-electron chi connectivity index (χ1n) is 9.53. The van der Waals surface area contributed by atoms with E-state index in [2.05, 4.69) is 9.97 Å². The number of benzene rings is 2. The van der Waals surface area contributed by atoms with Crippen LogP contribution in [0.2, 0.25) is 0 Å². The van der Waals surface area contributed by atoms with E-state index < -0.39 is 5.97 Å². The molecule has 0 radical (unpaired) electrons. The van der Waals surface area contributed by atoms with Crippen LogP contribution in [0.3, 0.4) is 0 Å². The minimum atomic E-state index is -0.499. The number of carbonyl (C=O) groups excluding carboxylic acids is 2. The summed E-state index contributed by atoms with van der Waals surface area (Å²) in [7, 11) is 0. The maximum Gasteiger partial charge on any atom is 0.338 e. The molecule has 0 unspecified atom stereocenters.